The van der Waals surface area contributed by atoms with E-state index in [9.17, 15) is 0 Å². The van der Waals surface area contributed by atoms with Crippen molar-refractivity contribution in [3.05, 3.63) is 78.1 Å². The minimum Gasteiger partial charge on any atom is -0.369 e. The molecule has 30 heavy (non-hydrogen) atoms. The molecule has 0 saturated carbocycles. The van der Waals surface area contributed by atoms with Crippen LogP contribution in [0.25, 0.3) is 0 Å². The van der Waals surface area contributed by atoms with Crippen molar-refractivity contribution in [2.45, 2.75) is 33.6 Å². The van der Waals surface area contributed by atoms with Crippen LogP contribution in [0.2, 0.25) is 0 Å². The first-order valence-electron chi connectivity index (χ1n) is 11.1. The van der Waals surface area contributed by atoms with Gasteiger partial charge < -0.3 is 10.2 Å². The van der Waals surface area contributed by atoms with Crippen LogP contribution >= 0.6 is 0 Å². The highest BCUT2D eigenvalue weighted by Crippen LogP contribution is 2.16. The van der Waals surface area contributed by atoms with E-state index in [0.717, 1.165) is 57.8 Å². The standard InChI is InChI=1S/C26H38N4/c1-5-11-24(7-3)20-27-22-28-23(4)19-25(12-6-2)21-29-15-17-30(18-16-29)26-13-9-8-10-14-26/h6,8-14,19,22H,4-5,7,15-18,20-21H2,1-3H3,(H,27,28)/b12-6-,24-11+,25-19+. The van der Waals surface area contributed by atoms with Crippen molar-refractivity contribution in [1.29, 1.82) is 0 Å². The van der Waals surface area contributed by atoms with Gasteiger partial charge in [0.2, 0.25) is 0 Å². The van der Waals surface area contributed by atoms with Crippen molar-refractivity contribution in [2.24, 2.45) is 4.99 Å². The fraction of sp³-hybridized carbons (Fsp3) is 0.423. The third-order valence-electron chi connectivity index (χ3n) is 5.22. The van der Waals surface area contributed by atoms with Gasteiger partial charge in [0.1, 0.15) is 0 Å². The van der Waals surface area contributed by atoms with Crippen molar-refractivity contribution >= 4 is 12.0 Å². The molecule has 1 aliphatic rings. The van der Waals surface area contributed by atoms with Crippen molar-refractivity contribution < 1.29 is 0 Å². The summed E-state index contributed by atoms with van der Waals surface area (Å²) in [7, 11) is 0. The van der Waals surface area contributed by atoms with E-state index in [1.165, 1.54) is 16.8 Å². The molecule has 1 saturated heterocycles. The van der Waals surface area contributed by atoms with Gasteiger partial charge in [0.05, 0.1) is 12.9 Å². The molecule has 162 valence electrons. The molecule has 0 aliphatic carbocycles. The Morgan fingerprint density at radius 1 is 1.13 bits per heavy atom. The second-order valence-electron chi connectivity index (χ2n) is 7.58. The van der Waals surface area contributed by atoms with Gasteiger partial charge in [-0.2, -0.15) is 0 Å². The molecule has 1 aromatic rings. The SMILES string of the molecule is C=C(/C=C(\C=C/C)CN1CCN(c2ccccc2)CC1)NC=NC/C(=C/CC)CC. The molecule has 0 spiro atoms. The molecule has 1 aliphatic heterocycles. The summed E-state index contributed by atoms with van der Waals surface area (Å²) in [5.41, 5.74) is 4.82. The largest absolute Gasteiger partial charge is 0.369 e. The van der Waals surface area contributed by atoms with E-state index in [-0.39, 0.29) is 0 Å². The molecule has 1 N–H and O–H groups in total. The molecule has 0 unspecified atom stereocenters. The number of nitrogens with one attached hydrogen (secondary N) is 1. The lowest BCUT2D eigenvalue weighted by atomic mass is 10.1. The maximum Gasteiger partial charge on any atom is 0.0871 e. The smallest absolute Gasteiger partial charge is 0.0871 e. The monoisotopic (exact) mass is 406 g/mol. The van der Waals surface area contributed by atoms with Gasteiger partial charge in [0, 0.05) is 44.1 Å². The lowest BCUT2D eigenvalue weighted by Gasteiger charge is -2.36. The zero-order valence-corrected chi connectivity index (χ0v) is 19.0. The van der Waals surface area contributed by atoms with Gasteiger partial charge in [-0.3, -0.25) is 9.89 Å². The Labute approximate surface area is 183 Å². The first kappa shape index (κ1) is 23.7. The Hall–Kier alpha value is -2.59. The van der Waals surface area contributed by atoms with Crippen LogP contribution in [-0.4, -0.2) is 50.5 Å². The molecule has 1 fully saturated rings. The van der Waals surface area contributed by atoms with Crippen molar-refractivity contribution in [3.63, 3.8) is 0 Å². The Balaban J connectivity index is 1.84. The maximum atomic E-state index is 4.48. The van der Waals surface area contributed by atoms with E-state index >= 15 is 0 Å². The molecule has 0 atom stereocenters. The number of hydrogen-bond acceptors (Lipinski definition) is 3. The van der Waals surface area contributed by atoms with Gasteiger partial charge in [-0.25, -0.2) is 0 Å². The van der Waals surface area contributed by atoms with Crippen molar-refractivity contribution in [1.82, 2.24) is 10.2 Å². The van der Waals surface area contributed by atoms with Crippen LogP contribution in [0.3, 0.4) is 0 Å². The summed E-state index contributed by atoms with van der Waals surface area (Å²) >= 11 is 0. The van der Waals surface area contributed by atoms with E-state index in [1.54, 1.807) is 6.34 Å². The molecule has 1 heterocycles. The van der Waals surface area contributed by atoms with Crippen molar-refractivity contribution in [2.75, 3.05) is 44.2 Å². The highest BCUT2D eigenvalue weighted by molar-refractivity contribution is 5.59. The number of benzene rings is 1. The first-order chi connectivity index (χ1) is 14.7. The van der Waals surface area contributed by atoms with Gasteiger partial charge in [0.25, 0.3) is 0 Å². The predicted octanol–water partition coefficient (Wildman–Crippen LogP) is 5.19. The quantitative estimate of drug-likeness (QED) is 0.237. The summed E-state index contributed by atoms with van der Waals surface area (Å²) in [6.07, 6.45) is 12.5. The zero-order chi connectivity index (χ0) is 21.6. The molecule has 0 aromatic heterocycles. The number of anilines is 1. The maximum absolute atomic E-state index is 4.48. The lowest BCUT2D eigenvalue weighted by molar-refractivity contribution is 0.280. The van der Waals surface area contributed by atoms with Crippen LogP contribution in [0, 0.1) is 0 Å². The summed E-state index contributed by atoms with van der Waals surface area (Å²) in [4.78, 5) is 9.45. The summed E-state index contributed by atoms with van der Waals surface area (Å²) in [5, 5.41) is 3.21. The normalized spacial score (nSPS) is 16.6. The fourth-order valence-electron chi connectivity index (χ4n) is 3.59. The van der Waals surface area contributed by atoms with E-state index in [4.69, 9.17) is 0 Å². The van der Waals surface area contributed by atoms with Crippen LogP contribution < -0.4 is 10.2 Å². The topological polar surface area (TPSA) is 30.9 Å². The molecule has 0 amide bonds. The van der Waals surface area contributed by atoms with Gasteiger partial charge in [-0.1, -0.05) is 62.4 Å². The van der Waals surface area contributed by atoms with E-state index in [0.29, 0.717) is 0 Å². The van der Waals surface area contributed by atoms with Gasteiger partial charge >= 0.3 is 0 Å². The zero-order valence-electron chi connectivity index (χ0n) is 19.0. The number of rotatable bonds is 11. The molecule has 1 aromatic carbocycles. The van der Waals surface area contributed by atoms with Gasteiger partial charge in [-0.15, -0.1) is 0 Å². The van der Waals surface area contributed by atoms with Crippen LogP contribution in [0.15, 0.2) is 83.1 Å². The lowest BCUT2D eigenvalue weighted by Crippen LogP contribution is -2.46. The summed E-state index contributed by atoms with van der Waals surface area (Å²) in [6.45, 7) is 16.5. The Bertz CT molecular complexity index is 750. The Kier molecular flexibility index (Phi) is 10.7. The molecular weight excluding hydrogens is 368 g/mol. The third kappa shape index (κ3) is 8.42. The molecule has 2 rings (SSSR count). The minimum atomic E-state index is 0.752. The minimum absolute atomic E-state index is 0.752. The average Bonchev–Trinajstić information content (AvgIpc) is 2.77. The summed E-state index contributed by atoms with van der Waals surface area (Å²) in [6, 6.07) is 10.7. The van der Waals surface area contributed by atoms with Crippen molar-refractivity contribution in [3.8, 4) is 0 Å². The fourth-order valence-corrected chi connectivity index (χ4v) is 3.59. The number of piperazine rings is 1. The van der Waals surface area contributed by atoms with Gasteiger partial charge in [-0.05, 0) is 43.5 Å². The van der Waals surface area contributed by atoms with E-state index < -0.39 is 0 Å². The molecule has 4 nitrogen and oxygen atoms in total. The van der Waals surface area contributed by atoms with Crippen LogP contribution in [0.1, 0.15) is 33.6 Å². The number of nitrogens with zero attached hydrogens (tertiary/aromatic N) is 3. The predicted molar refractivity (Wildman–Crippen MR) is 132 cm³/mol. The molecule has 0 radical (unpaired) electrons. The number of allylic oxidation sites excluding steroid dienone is 3. The number of hydrogen-bond donors (Lipinski definition) is 1. The van der Waals surface area contributed by atoms with Crippen LogP contribution in [0.5, 0.6) is 0 Å². The Morgan fingerprint density at radius 2 is 1.87 bits per heavy atom. The van der Waals surface area contributed by atoms with Crippen LogP contribution in [0.4, 0.5) is 5.69 Å². The van der Waals surface area contributed by atoms with E-state index in [2.05, 4.69) is 102 Å². The molecule has 4 heteroatoms. The number of para-hydroxylation sites is 1. The van der Waals surface area contributed by atoms with Crippen LogP contribution in [-0.2, 0) is 0 Å². The van der Waals surface area contributed by atoms with E-state index in [1.807, 2.05) is 0 Å². The summed E-state index contributed by atoms with van der Waals surface area (Å²) in [5.74, 6) is 0. The highest BCUT2D eigenvalue weighted by atomic mass is 15.3. The third-order valence-corrected chi connectivity index (χ3v) is 5.22. The first-order valence-corrected chi connectivity index (χ1v) is 11.1. The highest BCUT2D eigenvalue weighted by Gasteiger charge is 2.17. The second kappa shape index (κ2) is 13.6. The Morgan fingerprint density at radius 3 is 2.50 bits per heavy atom. The molecule has 0 bridgehead atoms. The number of aliphatic imine (C=N–C) groups is 1. The summed E-state index contributed by atoms with van der Waals surface area (Å²) < 4.78 is 0. The average molecular weight is 407 g/mol. The molecular formula is C26H38N4. The second-order valence-corrected chi connectivity index (χ2v) is 7.58. The van der Waals surface area contributed by atoms with Gasteiger partial charge in [0.15, 0.2) is 0 Å².